The van der Waals surface area contributed by atoms with Gasteiger partial charge < -0.3 is 8.97 Å². The van der Waals surface area contributed by atoms with Crippen molar-refractivity contribution in [3.05, 3.63) is 151 Å². The highest BCUT2D eigenvalue weighted by atomic mass is 15.0. The molecule has 0 amide bonds. The molecule has 9 aromatic rings. The van der Waals surface area contributed by atoms with Gasteiger partial charge in [-0.25, -0.2) is 4.98 Å². The zero-order valence-corrected chi connectivity index (χ0v) is 25.1. The number of benzene rings is 6. The fourth-order valence-electron chi connectivity index (χ4n) is 7.90. The number of fused-ring (bicyclic) bond motifs is 11. The predicted octanol–water partition coefficient (Wildman–Crippen LogP) is 10.7. The Bertz CT molecular complexity index is 2630. The van der Waals surface area contributed by atoms with Crippen LogP contribution in [0.4, 0.5) is 0 Å². The molecule has 0 radical (unpaired) electrons. The topological polar surface area (TPSA) is 22.2 Å². The quantitative estimate of drug-likeness (QED) is 0.201. The van der Waals surface area contributed by atoms with Crippen LogP contribution < -0.4 is 0 Å². The van der Waals surface area contributed by atoms with Gasteiger partial charge in [0.05, 0.1) is 16.7 Å². The molecule has 10 rings (SSSR count). The number of nitrogens with zero attached hydrogens (tertiary/aromatic N) is 3. The largest absolute Gasteiger partial charge is 0.309 e. The van der Waals surface area contributed by atoms with Crippen molar-refractivity contribution in [3.63, 3.8) is 0 Å². The van der Waals surface area contributed by atoms with E-state index in [0.29, 0.717) is 0 Å². The second-order valence-corrected chi connectivity index (χ2v) is 12.9. The van der Waals surface area contributed by atoms with Gasteiger partial charge in [-0.3, -0.25) is 0 Å². The molecule has 0 unspecified atom stereocenters. The summed E-state index contributed by atoms with van der Waals surface area (Å²) in [5, 5.41) is 7.72. The smallest absolute Gasteiger partial charge is 0.137 e. The van der Waals surface area contributed by atoms with E-state index in [0.717, 1.165) is 22.6 Å². The summed E-state index contributed by atoms with van der Waals surface area (Å²) in [4.78, 5) is 4.87. The Labute approximate surface area is 260 Å². The third kappa shape index (κ3) is 3.33. The van der Waals surface area contributed by atoms with E-state index < -0.39 is 0 Å². The van der Waals surface area contributed by atoms with Crippen LogP contribution in [-0.2, 0) is 5.41 Å². The first-order chi connectivity index (χ1) is 22.1. The number of imidazole rings is 1. The Morgan fingerprint density at radius 2 is 1.38 bits per heavy atom. The van der Waals surface area contributed by atoms with Gasteiger partial charge in [-0.2, -0.15) is 0 Å². The van der Waals surface area contributed by atoms with E-state index in [1.165, 1.54) is 65.6 Å². The highest BCUT2D eigenvalue weighted by Crippen LogP contribution is 2.54. The minimum Gasteiger partial charge on any atom is -0.309 e. The highest BCUT2D eigenvalue weighted by molar-refractivity contribution is 6.23. The van der Waals surface area contributed by atoms with Gasteiger partial charge in [-0.15, -0.1) is 0 Å². The molecule has 6 aromatic carbocycles. The predicted molar refractivity (Wildman–Crippen MR) is 188 cm³/mol. The van der Waals surface area contributed by atoms with E-state index in [1.807, 2.05) is 24.4 Å². The molecular formula is C42H29N3. The molecule has 3 aromatic heterocycles. The van der Waals surface area contributed by atoms with Gasteiger partial charge in [0, 0.05) is 45.2 Å². The average Bonchev–Trinajstić information content (AvgIpc) is 3.73. The second-order valence-electron chi connectivity index (χ2n) is 12.9. The lowest BCUT2D eigenvalue weighted by Crippen LogP contribution is -2.14. The molecule has 0 N–H and O–H groups in total. The van der Waals surface area contributed by atoms with Crippen molar-refractivity contribution in [2.45, 2.75) is 19.3 Å². The van der Waals surface area contributed by atoms with E-state index >= 15 is 0 Å². The molecule has 0 atom stereocenters. The fraction of sp³-hybridized carbons (Fsp3) is 0.0714. The number of rotatable bonds is 2. The van der Waals surface area contributed by atoms with Crippen LogP contribution in [0.15, 0.2) is 140 Å². The number of hydrogen-bond donors (Lipinski definition) is 0. The van der Waals surface area contributed by atoms with E-state index in [-0.39, 0.29) is 5.41 Å². The van der Waals surface area contributed by atoms with Crippen LogP contribution >= 0.6 is 0 Å². The summed E-state index contributed by atoms with van der Waals surface area (Å²) >= 11 is 0. The van der Waals surface area contributed by atoms with Crippen LogP contribution in [0, 0.1) is 0 Å². The van der Waals surface area contributed by atoms with Crippen LogP contribution in [-0.4, -0.2) is 14.0 Å². The van der Waals surface area contributed by atoms with Crippen LogP contribution in [0.25, 0.3) is 77.1 Å². The second kappa shape index (κ2) is 8.71. The zero-order valence-electron chi connectivity index (χ0n) is 25.1. The van der Waals surface area contributed by atoms with Gasteiger partial charge in [-0.05, 0) is 80.9 Å². The molecule has 45 heavy (non-hydrogen) atoms. The van der Waals surface area contributed by atoms with Crippen molar-refractivity contribution in [2.24, 2.45) is 0 Å². The normalized spacial score (nSPS) is 13.7. The molecule has 0 bridgehead atoms. The lowest BCUT2D eigenvalue weighted by atomic mass is 9.81. The molecule has 0 saturated heterocycles. The average molecular weight is 576 g/mol. The zero-order chi connectivity index (χ0) is 29.9. The van der Waals surface area contributed by atoms with Crippen LogP contribution in [0.2, 0.25) is 0 Å². The lowest BCUT2D eigenvalue weighted by molar-refractivity contribution is 0.661. The molecule has 0 aliphatic heterocycles. The summed E-state index contributed by atoms with van der Waals surface area (Å²) in [7, 11) is 0. The first-order valence-corrected chi connectivity index (χ1v) is 15.6. The SMILES string of the molecule is CC1(C)c2cc3ccccc3cc2-c2c1ccc1c2c2ccc3ccccc3c2n1-c1ccc(-c2cn3ccccc3n2)cc1. The third-order valence-electron chi connectivity index (χ3n) is 10.1. The van der Waals surface area contributed by atoms with E-state index in [9.17, 15) is 0 Å². The van der Waals surface area contributed by atoms with Gasteiger partial charge in [0.1, 0.15) is 5.65 Å². The van der Waals surface area contributed by atoms with Crippen molar-refractivity contribution >= 4 is 49.0 Å². The van der Waals surface area contributed by atoms with Crippen molar-refractivity contribution < 1.29 is 0 Å². The summed E-state index contributed by atoms with van der Waals surface area (Å²) in [6.07, 6.45) is 4.15. The van der Waals surface area contributed by atoms with Gasteiger partial charge in [-0.1, -0.05) is 98.8 Å². The van der Waals surface area contributed by atoms with E-state index in [1.54, 1.807) is 0 Å². The van der Waals surface area contributed by atoms with Crippen LogP contribution in [0.3, 0.4) is 0 Å². The Hall–Kier alpha value is -5.67. The summed E-state index contributed by atoms with van der Waals surface area (Å²) in [6.45, 7) is 4.76. The molecule has 0 saturated carbocycles. The maximum atomic E-state index is 4.87. The molecule has 1 aliphatic carbocycles. The maximum Gasteiger partial charge on any atom is 0.137 e. The van der Waals surface area contributed by atoms with Crippen molar-refractivity contribution in [2.75, 3.05) is 0 Å². The highest BCUT2D eigenvalue weighted by Gasteiger charge is 2.38. The van der Waals surface area contributed by atoms with Gasteiger partial charge in [0.25, 0.3) is 0 Å². The van der Waals surface area contributed by atoms with Crippen LogP contribution in [0.1, 0.15) is 25.0 Å². The van der Waals surface area contributed by atoms with E-state index in [2.05, 4.69) is 138 Å². The molecule has 3 nitrogen and oxygen atoms in total. The number of hydrogen-bond acceptors (Lipinski definition) is 1. The Morgan fingerprint density at radius 3 is 2.20 bits per heavy atom. The standard InChI is InChI=1S/C42H29N3/c1-42(2)34-20-21-37-40(39(34)33-23-28-10-3-4-11-29(28)24-35(33)42)32-19-16-26-9-5-6-12-31(26)41(32)45(37)30-17-14-27(15-18-30)36-25-44-22-8-7-13-38(44)43-36/h3-25H,1-2H3. The van der Waals surface area contributed by atoms with Gasteiger partial charge >= 0.3 is 0 Å². The monoisotopic (exact) mass is 575 g/mol. The minimum atomic E-state index is -0.0934. The summed E-state index contributed by atoms with van der Waals surface area (Å²) in [6, 6.07) is 46.8. The summed E-state index contributed by atoms with van der Waals surface area (Å²) in [5.41, 5.74) is 12.1. The number of pyridine rings is 1. The van der Waals surface area contributed by atoms with Gasteiger partial charge in [0.2, 0.25) is 0 Å². The molecule has 0 fully saturated rings. The molecule has 3 heteroatoms. The first-order valence-electron chi connectivity index (χ1n) is 15.6. The van der Waals surface area contributed by atoms with E-state index in [4.69, 9.17) is 4.98 Å². The van der Waals surface area contributed by atoms with Crippen LogP contribution in [0.5, 0.6) is 0 Å². The molecule has 1 aliphatic rings. The summed E-state index contributed by atoms with van der Waals surface area (Å²) in [5.74, 6) is 0. The molecule has 212 valence electrons. The fourth-order valence-corrected chi connectivity index (χ4v) is 7.90. The van der Waals surface area contributed by atoms with Crippen molar-refractivity contribution in [1.29, 1.82) is 0 Å². The molecule has 0 spiro atoms. The van der Waals surface area contributed by atoms with Gasteiger partial charge in [0.15, 0.2) is 0 Å². The first kappa shape index (κ1) is 24.7. The Kier molecular flexibility index (Phi) is 4.79. The number of aromatic nitrogens is 3. The minimum absolute atomic E-state index is 0.0934. The Balaban J connectivity index is 1.28. The molecular weight excluding hydrogens is 546 g/mol. The molecule has 3 heterocycles. The maximum absolute atomic E-state index is 4.87. The third-order valence-corrected chi connectivity index (χ3v) is 10.1. The Morgan fingerprint density at radius 1 is 0.622 bits per heavy atom. The van der Waals surface area contributed by atoms with Crippen molar-refractivity contribution in [3.8, 4) is 28.1 Å². The van der Waals surface area contributed by atoms with Crippen molar-refractivity contribution in [1.82, 2.24) is 14.0 Å². The lowest BCUT2D eigenvalue weighted by Gasteiger charge is -2.22. The summed E-state index contributed by atoms with van der Waals surface area (Å²) < 4.78 is 4.55.